The van der Waals surface area contributed by atoms with Crippen molar-refractivity contribution >= 4 is 28.8 Å². The molecule has 0 unspecified atom stereocenters. The lowest BCUT2D eigenvalue weighted by atomic mass is 9.85. The Labute approximate surface area is 212 Å². The average molecular weight is 490 g/mol. The van der Waals surface area contributed by atoms with Crippen molar-refractivity contribution in [2.45, 2.75) is 76.8 Å². The molecule has 2 heterocycles. The number of carbonyl (C=O) groups excluding carboxylic acids is 1. The summed E-state index contributed by atoms with van der Waals surface area (Å²) in [6, 6.07) is 14.7. The molecule has 0 bridgehead atoms. The van der Waals surface area contributed by atoms with Gasteiger partial charge in [0.1, 0.15) is 5.82 Å². The number of carboxylic acids is 1. The van der Waals surface area contributed by atoms with Crippen LogP contribution < -0.4 is 4.90 Å². The number of anilines is 1. The molecular formula is C29H35N3O4. The van der Waals surface area contributed by atoms with E-state index in [4.69, 9.17) is 9.72 Å². The zero-order valence-electron chi connectivity index (χ0n) is 21.3. The van der Waals surface area contributed by atoms with Crippen molar-refractivity contribution in [1.29, 1.82) is 0 Å². The first-order chi connectivity index (χ1) is 17.4. The summed E-state index contributed by atoms with van der Waals surface area (Å²) in [5.74, 6) is 0.122. The van der Waals surface area contributed by atoms with Crippen LogP contribution in [0.3, 0.4) is 0 Å². The molecule has 1 fully saturated rings. The predicted molar refractivity (Wildman–Crippen MR) is 140 cm³/mol. The number of methoxy groups -OCH3 is 1. The lowest BCUT2D eigenvalue weighted by Gasteiger charge is -2.34. The lowest BCUT2D eigenvalue weighted by molar-refractivity contribution is -0.143. The van der Waals surface area contributed by atoms with Gasteiger partial charge in [-0.1, -0.05) is 43.7 Å². The van der Waals surface area contributed by atoms with E-state index in [-0.39, 0.29) is 30.0 Å². The molecule has 0 saturated heterocycles. The van der Waals surface area contributed by atoms with E-state index in [1.165, 1.54) is 12.7 Å². The summed E-state index contributed by atoms with van der Waals surface area (Å²) >= 11 is 0. The molecule has 3 aromatic rings. The van der Waals surface area contributed by atoms with Crippen molar-refractivity contribution < 1.29 is 19.4 Å². The average Bonchev–Trinajstić information content (AvgIpc) is 3.29. The largest absolute Gasteiger partial charge is 0.481 e. The maximum Gasteiger partial charge on any atom is 0.414 e. The van der Waals surface area contributed by atoms with E-state index in [1.807, 2.05) is 19.1 Å². The second-order valence-electron chi connectivity index (χ2n) is 10.4. The molecule has 4 atom stereocenters. The summed E-state index contributed by atoms with van der Waals surface area (Å²) < 4.78 is 7.43. The molecule has 190 valence electrons. The fourth-order valence-electron chi connectivity index (χ4n) is 6.21. The molecule has 1 amide bonds. The molecule has 7 heteroatoms. The number of hydrogen-bond donors (Lipinski definition) is 1. The van der Waals surface area contributed by atoms with E-state index in [1.54, 1.807) is 4.90 Å². The van der Waals surface area contributed by atoms with Crippen LogP contribution >= 0.6 is 0 Å². The quantitative estimate of drug-likeness (QED) is 0.468. The molecule has 2 aliphatic rings. The first kappa shape index (κ1) is 24.3. The van der Waals surface area contributed by atoms with E-state index in [0.29, 0.717) is 6.42 Å². The van der Waals surface area contributed by atoms with Crippen LogP contribution in [-0.2, 0) is 22.4 Å². The van der Waals surface area contributed by atoms with Gasteiger partial charge in [-0.2, -0.15) is 0 Å². The van der Waals surface area contributed by atoms with Gasteiger partial charge in [0.25, 0.3) is 0 Å². The normalized spacial score (nSPS) is 22.8. The van der Waals surface area contributed by atoms with Crippen molar-refractivity contribution in [3.63, 3.8) is 0 Å². The Morgan fingerprint density at radius 1 is 1.14 bits per heavy atom. The molecule has 1 N–H and O–H groups in total. The molecule has 7 nitrogen and oxygen atoms in total. The highest BCUT2D eigenvalue weighted by Crippen LogP contribution is 2.42. The van der Waals surface area contributed by atoms with Crippen LogP contribution in [0.1, 0.15) is 74.9 Å². The third-order valence-corrected chi connectivity index (χ3v) is 8.04. The van der Waals surface area contributed by atoms with Crippen molar-refractivity contribution in [1.82, 2.24) is 9.55 Å². The van der Waals surface area contributed by atoms with Gasteiger partial charge in [0.05, 0.1) is 29.7 Å². The van der Waals surface area contributed by atoms with Crippen LogP contribution in [0.2, 0.25) is 0 Å². The second kappa shape index (κ2) is 9.96. The summed E-state index contributed by atoms with van der Waals surface area (Å²) in [7, 11) is 1.42. The van der Waals surface area contributed by atoms with Crippen LogP contribution in [-0.4, -0.2) is 39.9 Å². The number of fused-ring (bicyclic) bond motifs is 3. The second-order valence-corrected chi connectivity index (χ2v) is 10.4. The maximum atomic E-state index is 12.6. The number of amides is 1. The van der Waals surface area contributed by atoms with Gasteiger partial charge in [0, 0.05) is 23.6 Å². The Bertz CT molecular complexity index is 1270. The Morgan fingerprint density at radius 3 is 2.64 bits per heavy atom. The Hall–Kier alpha value is -3.35. The molecular weight excluding hydrogens is 454 g/mol. The smallest absolute Gasteiger partial charge is 0.414 e. The molecule has 2 aromatic carbocycles. The highest BCUT2D eigenvalue weighted by Gasteiger charge is 2.34. The Kier molecular flexibility index (Phi) is 6.73. The number of benzene rings is 2. The summed E-state index contributed by atoms with van der Waals surface area (Å²) in [6.07, 6.45) is 5.38. The van der Waals surface area contributed by atoms with E-state index >= 15 is 0 Å². The molecule has 1 saturated carbocycles. The zero-order valence-corrected chi connectivity index (χ0v) is 21.3. The standard InChI is InChI=1S/C29H35N3O4/c1-18(16-20-8-5-4-6-9-20)27-30-26-23-13-12-19(2)31(29(35)36-3)24(23)14-15-25(26)32(27)22-11-7-10-21(17-22)28(33)34/h4-6,8-9,14-15,18-19,21-22H,7,10-13,16-17H2,1-3H3,(H,33,34)/t18-,19+,21-,22-/m1/s1. The molecule has 0 radical (unpaired) electrons. The van der Waals surface area contributed by atoms with Gasteiger partial charge in [-0.3, -0.25) is 9.69 Å². The molecule has 36 heavy (non-hydrogen) atoms. The zero-order chi connectivity index (χ0) is 25.4. The van der Waals surface area contributed by atoms with E-state index < -0.39 is 5.97 Å². The minimum atomic E-state index is -0.705. The minimum Gasteiger partial charge on any atom is -0.481 e. The summed E-state index contributed by atoms with van der Waals surface area (Å²) in [5, 5.41) is 9.75. The maximum absolute atomic E-state index is 12.6. The number of aromatic nitrogens is 2. The molecule has 1 aromatic heterocycles. The van der Waals surface area contributed by atoms with E-state index in [0.717, 1.165) is 66.6 Å². The number of carboxylic acid groups (broad SMARTS) is 1. The van der Waals surface area contributed by atoms with Gasteiger partial charge in [-0.25, -0.2) is 9.78 Å². The van der Waals surface area contributed by atoms with Crippen LogP contribution in [0.5, 0.6) is 0 Å². The number of carbonyl (C=O) groups is 2. The Balaban J connectivity index is 1.64. The number of ether oxygens (including phenoxy) is 1. The number of imidazole rings is 1. The third-order valence-electron chi connectivity index (χ3n) is 8.04. The minimum absolute atomic E-state index is 0.0515. The van der Waals surface area contributed by atoms with Gasteiger partial charge in [-0.15, -0.1) is 0 Å². The van der Waals surface area contributed by atoms with Crippen molar-refractivity contribution in [2.24, 2.45) is 5.92 Å². The van der Waals surface area contributed by atoms with E-state index in [9.17, 15) is 14.7 Å². The van der Waals surface area contributed by atoms with Gasteiger partial charge in [0.2, 0.25) is 0 Å². The topological polar surface area (TPSA) is 84.7 Å². The lowest BCUT2D eigenvalue weighted by Crippen LogP contribution is -2.42. The first-order valence-corrected chi connectivity index (χ1v) is 13.1. The predicted octanol–water partition coefficient (Wildman–Crippen LogP) is 6.11. The SMILES string of the molecule is COC(=O)N1c2ccc3c(nc([C@H](C)Cc4ccccc4)n3[C@@H]3CCC[C@@H](C(=O)O)C3)c2CC[C@@H]1C. The third kappa shape index (κ3) is 4.36. The van der Waals surface area contributed by atoms with Gasteiger partial charge < -0.3 is 14.4 Å². The summed E-state index contributed by atoms with van der Waals surface area (Å²) in [4.78, 5) is 31.5. The fraction of sp³-hybridized carbons (Fsp3) is 0.483. The molecule has 1 aliphatic heterocycles. The monoisotopic (exact) mass is 489 g/mol. The van der Waals surface area contributed by atoms with Crippen molar-refractivity contribution in [3.8, 4) is 0 Å². The number of rotatable bonds is 5. The summed E-state index contributed by atoms with van der Waals surface area (Å²) in [6.45, 7) is 4.25. The van der Waals surface area contributed by atoms with Crippen molar-refractivity contribution in [3.05, 3.63) is 59.4 Å². The highest BCUT2D eigenvalue weighted by molar-refractivity contribution is 5.95. The number of nitrogens with zero attached hydrogens (tertiary/aromatic N) is 3. The van der Waals surface area contributed by atoms with Crippen LogP contribution in [0.15, 0.2) is 42.5 Å². The number of aryl methyl sites for hydroxylation is 1. The molecule has 1 aliphatic carbocycles. The van der Waals surface area contributed by atoms with Crippen LogP contribution in [0, 0.1) is 5.92 Å². The Morgan fingerprint density at radius 2 is 1.92 bits per heavy atom. The first-order valence-electron chi connectivity index (χ1n) is 13.1. The van der Waals surface area contributed by atoms with Gasteiger partial charge in [-0.05, 0) is 63.1 Å². The van der Waals surface area contributed by atoms with Gasteiger partial charge in [0.15, 0.2) is 0 Å². The number of hydrogen-bond acceptors (Lipinski definition) is 4. The molecule has 0 spiro atoms. The van der Waals surface area contributed by atoms with Gasteiger partial charge >= 0.3 is 12.1 Å². The summed E-state index contributed by atoms with van der Waals surface area (Å²) in [5.41, 5.74) is 5.17. The fourth-order valence-corrected chi connectivity index (χ4v) is 6.21. The molecule has 5 rings (SSSR count). The highest BCUT2D eigenvalue weighted by atomic mass is 16.5. The number of aliphatic carboxylic acids is 1. The van der Waals surface area contributed by atoms with Crippen LogP contribution in [0.25, 0.3) is 11.0 Å². The van der Waals surface area contributed by atoms with Crippen molar-refractivity contribution in [2.75, 3.05) is 12.0 Å². The van der Waals surface area contributed by atoms with Crippen LogP contribution in [0.4, 0.5) is 10.5 Å². The van der Waals surface area contributed by atoms with E-state index in [2.05, 4.69) is 41.8 Å².